The zero-order valence-electron chi connectivity index (χ0n) is 27.5. The van der Waals surface area contributed by atoms with Gasteiger partial charge in [0, 0.05) is 53.9 Å². The number of ether oxygens (including phenoxy) is 2. The number of benzene rings is 4. The van der Waals surface area contributed by atoms with Crippen LogP contribution < -0.4 is 10.2 Å². The standard InChI is InChI=1S/C39H37N7O4/c47-37(15-16-38(48)50-20-6-17-45-18-21-49-22-19-45)43-31-11-13-35-33(25-31)39(41-27-40-35)46(32-12-14-34-30(24-32)26-42-44-34)36-10-5-4-9-29(36)23-28-7-2-1-3-8-28/h1-5,7-16,24-27H,6,17-23H2,(H,42,44)(H,43,47). The predicted molar refractivity (Wildman–Crippen MR) is 194 cm³/mol. The molecule has 1 fully saturated rings. The van der Waals surface area contributed by atoms with Crippen LogP contribution in [0.3, 0.4) is 0 Å². The van der Waals surface area contributed by atoms with E-state index in [0.717, 1.165) is 78.6 Å². The smallest absolute Gasteiger partial charge is 0.330 e. The van der Waals surface area contributed by atoms with Crippen molar-refractivity contribution < 1.29 is 19.1 Å². The summed E-state index contributed by atoms with van der Waals surface area (Å²) in [6.45, 7) is 4.35. The average molecular weight is 668 g/mol. The van der Waals surface area contributed by atoms with Gasteiger partial charge in [-0.25, -0.2) is 14.8 Å². The monoisotopic (exact) mass is 667 g/mol. The summed E-state index contributed by atoms with van der Waals surface area (Å²) < 4.78 is 10.7. The van der Waals surface area contributed by atoms with Crippen molar-refractivity contribution in [3.05, 3.63) is 127 Å². The lowest BCUT2D eigenvalue weighted by atomic mass is 10.0. The van der Waals surface area contributed by atoms with E-state index in [1.165, 1.54) is 11.6 Å². The first-order valence-electron chi connectivity index (χ1n) is 16.7. The van der Waals surface area contributed by atoms with Crippen LogP contribution in [0.5, 0.6) is 0 Å². The van der Waals surface area contributed by atoms with Crippen LogP contribution >= 0.6 is 0 Å². The summed E-state index contributed by atoms with van der Waals surface area (Å²) in [6.07, 6.45) is 7.12. The van der Waals surface area contributed by atoms with Gasteiger partial charge in [-0.05, 0) is 66.4 Å². The van der Waals surface area contributed by atoms with E-state index in [2.05, 4.69) is 60.6 Å². The molecule has 4 aromatic carbocycles. The summed E-state index contributed by atoms with van der Waals surface area (Å²) in [4.78, 5) is 38.9. The van der Waals surface area contributed by atoms with Gasteiger partial charge in [0.2, 0.25) is 5.91 Å². The van der Waals surface area contributed by atoms with Crippen LogP contribution in [0.4, 0.5) is 22.9 Å². The van der Waals surface area contributed by atoms with E-state index in [9.17, 15) is 9.59 Å². The molecule has 0 radical (unpaired) electrons. The van der Waals surface area contributed by atoms with Crippen molar-refractivity contribution >= 4 is 56.6 Å². The summed E-state index contributed by atoms with van der Waals surface area (Å²) in [7, 11) is 0. The van der Waals surface area contributed by atoms with Crippen LogP contribution in [0.1, 0.15) is 17.5 Å². The van der Waals surface area contributed by atoms with E-state index in [1.54, 1.807) is 18.6 Å². The zero-order valence-corrected chi connectivity index (χ0v) is 27.5. The maximum atomic E-state index is 12.9. The van der Waals surface area contributed by atoms with Crippen LogP contribution in [-0.2, 0) is 25.5 Å². The van der Waals surface area contributed by atoms with Crippen LogP contribution in [0.2, 0.25) is 0 Å². The van der Waals surface area contributed by atoms with Gasteiger partial charge in [0.05, 0.1) is 42.7 Å². The maximum Gasteiger partial charge on any atom is 0.330 e. The number of aromatic nitrogens is 4. The topological polar surface area (TPSA) is 126 Å². The van der Waals surface area contributed by atoms with Gasteiger partial charge in [0.1, 0.15) is 12.1 Å². The number of nitrogens with one attached hydrogen (secondary N) is 2. The number of fused-ring (bicyclic) bond motifs is 2. The second kappa shape index (κ2) is 15.5. The molecule has 3 heterocycles. The third-order valence-corrected chi connectivity index (χ3v) is 8.58. The molecule has 1 aliphatic rings. The van der Waals surface area contributed by atoms with E-state index in [0.29, 0.717) is 23.4 Å². The molecule has 0 spiro atoms. The summed E-state index contributed by atoms with van der Waals surface area (Å²) in [5.74, 6) is -0.370. The lowest BCUT2D eigenvalue weighted by Gasteiger charge is -2.28. The van der Waals surface area contributed by atoms with Gasteiger partial charge in [-0.2, -0.15) is 5.10 Å². The molecule has 6 aromatic rings. The number of nitrogens with zero attached hydrogens (tertiary/aromatic N) is 5. The molecule has 0 saturated carbocycles. The quantitative estimate of drug-likeness (QED) is 0.0875. The minimum absolute atomic E-state index is 0.286. The molecule has 1 saturated heterocycles. The molecular weight excluding hydrogens is 630 g/mol. The van der Waals surface area contributed by atoms with Gasteiger partial charge < -0.3 is 14.8 Å². The third kappa shape index (κ3) is 7.86. The normalized spacial score (nSPS) is 13.5. The maximum absolute atomic E-state index is 12.9. The minimum atomic E-state index is -0.560. The highest BCUT2D eigenvalue weighted by Crippen LogP contribution is 2.40. The lowest BCUT2D eigenvalue weighted by Crippen LogP contribution is -2.37. The number of esters is 1. The fourth-order valence-electron chi connectivity index (χ4n) is 6.10. The van der Waals surface area contributed by atoms with Crippen molar-refractivity contribution in [1.29, 1.82) is 0 Å². The number of carbonyl (C=O) groups excluding carboxylic acids is 2. The van der Waals surface area contributed by atoms with Crippen molar-refractivity contribution in [3.8, 4) is 0 Å². The van der Waals surface area contributed by atoms with Gasteiger partial charge in [0.25, 0.3) is 0 Å². The van der Waals surface area contributed by atoms with Gasteiger partial charge in [0.15, 0.2) is 0 Å². The molecule has 1 amide bonds. The third-order valence-electron chi connectivity index (χ3n) is 8.58. The first-order chi connectivity index (χ1) is 24.6. The van der Waals surface area contributed by atoms with Crippen LogP contribution in [0.25, 0.3) is 21.8 Å². The molecule has 0 aliphatic carbocycles. The zero-order chi connectivity index (χ0) is 34.1. The van der Waals surface area contributed by atoms with Crippen molar-refractivity contribution in [1.82, 2.24) is 25.1 Å². The highest BCUT2D eigenvalue weighted by Gasteiger charge is 2.21. The summed E-state index contributed by atoms with van der Waals surface area (Å²) in [5.41, 5.74) is 6.31. The molecule has 50 heavy (non-hydrogen) atoms. The molecule has 0 atom stereocenters. The Hall–Kier alpha value is -5.91. The molecule has 1 aliphatic heterocycles. The highest BCUT2D eigenvalue weighted by molar-refractivity contribution is 6.05. The van der Waals surface area contributed by atoms with Gasteiger partial charge >= 0.3 is 5.97 Å². The number of hydrogen-bond acceptors (Lipinski definition) is 9. The fraction of sp³-hybridized carbons (Fsp3) is 0.205. The fourth-order valence-corrected chi connectivity index (χ4v) is 6.10. The molecular formula is C39H37N7O4. The number of para-hydroxylation sites is 1. The summed E-state index contributed by atoms with van der Waals surface area (Å²) in [6, 6.07) is 30.2. The van der Waals surface area contributed by atoms with Crippen molar-refractivity contribution in [2.75, 3.05) is 49.7 Å². The van der Waals surface area contributed by atoms with Gasteiger partial charge in [-0.1, -0.05) is 48.5 Å². The van der Waals surface area contributed by atoms with Crippen molar-refractivity contribution in [2.45, 2.75) is 12.8 Å². The Kier molecular flexibility index (Phi) is 10.1. The number of carbonyl (C=O) groups is 2. The molecule has 7 rings (SSSR count). The molecule has 2 N–H and O–H groups in total. The largest absolute Gasteiger partial charge is 0.462 e. The molecule has 0 bridgehead atoms. The predicted octanol–water partition coefficient (Wildman–Crippen LogP) is 6.33. The van der Waals surface area contributed by atoms with E-state index >= 15 is 0 Å². The van der Waals surface area contributed by atoms with Crippen LogP contribution in [0.15, 0.2) is 116 Å². The minimum Gasteiger partial charge on any atom is -0.462 e. The number of aromatic amines is 1. The van der Waals surface area contributed by atoms with Gasteiger partial charge in [-0.3, -0.25) is 19.7 Å². The summed E-state index contributed by atoms with van der Waals surface area (Å²) in [5, 5.41) is 11.8. The lowest BCUT2D eigenvalue weighted by molar-refractivity contribution is -0.138. The van der Waals surface area contributed by atoms with Crippen LogP contribution in [-0.4, -0.2) is 76.4 Å². The van der Waals surface area contributed by atoms with E-state index in [-0.39, 0.29) is 6.61 Å². The average Bonchev–Trinajstić information content (AvgIpc) is 3.63. The molecule has 2 aromatic heterocycles. The SMILES string of the molecule is O=C(C=CC(=O)OCCCN1CCOCC1)Nc1ccc2ncnc(N(c3ccc4[nH]ncc4c3)c3ccccc3Cc3ccccc3)c2c1. The number of hydrogen-bond donors (Lipinski definition) is 2. The van der Waals surface area contributed by atoms with E-state index < -0.39 is 11.9 Å². The van der Waals surface area contributed by atoms with Crippen molar-refractivity contribution in [2.24, 2.45) is 0 Å². The number of rotatable bonds is 12. The first-order valence-corrected chi connectivity index (χ1v) is 16.7. The Labute approximate surface area is 289 Å². The summed E-state index contributed by atoms with van der Waals surface area (Å²) >= 11 is 0. The number of anilines is 4. The second-order valence-corrected chi connectivity index (χ2v) is 12.0. The highest BCUT2D eigenvalue weighted by atomic mass is 16.5. The second-order valence-electron chi connectivity index (χ2n) is 12.0. The Balaban J connectivity index is 1.14. The first kappa shape index (κ1) is 32.6. The molecule has 252 valence electrons. The van der Waals surface area contributed by atoms with Crippen LogP contribution in [0, 0.1) is 0 Å². The Morgan fingerprint density at radius 1 is 0.940 bits per heavy atom. The Morgan fingerprint density at radius 3 is 2.66 bits per heavy atom. The van der Waals surface area contributed by atoms with E-state index in [1.807, 2.05) is 54.6 Å². The molecule has 11 nitrogen and oxygen atoms in total. The molecule has 11 heteroatoms. The van der Waals surface area contributed by atoms with E-state index in [4.69, 9.17) is 14.5 Å². The Bertz CT molecular complexity index is 2130. The van der Waals surface area contributed by atoms with Gasteiger partial charge in [-0.15, -0.1) is 0 Å². The van der Waals surface area contributed by atoms with Crippen molar-refractivity contribution in [3.63, 3.8) is 0 Å². The Morgan fingerprint density at radius 2 is 1.78 bits per heavy atom. The number of H-pyrrole nitrogens is 1. The number of morpholine rings is 1. The molecule has 0 unspecified atom stereocenters. The number of amides is 1.